The summed E-state index contributed by atoms with van der Waals surface area (Å²) in [6.07, 6.45) is 3.88. The topological polar surface area (TPSA) is 56.3 Å². The van der Waals surface area contributed by atoms with Gasteiger partial charge in [0, 0.05) is 18.8 Å². The summed E-state index contributed by atoms with van der Waals surface area (Å²) < 4.78 is 4.87. The van der Waals surface area contributed by atoms with Crippen LogP contribution in [0.4, 0.5) is 0 Å². The molecule has 0 saturated heterocycles. The van der Waals surface area contributed by atoms with Crippen LogP contribution in [0.25, 0.3) is 0 Å². The molecule has 15 heavy (non-hydrogen) atoms. The van der Waals surface area contributed by atoms with Crippen LogP contribution in [0.5, 0.6) is 0 Å². The van der Waals surface area contributed by atoms with E-state index in [2.05, 4.69) is 4.98 Å². The molecule has 0 amide bonds. The van der Waals surface area contributed by atoms with Gasteiger partial charge < -0.3 is 4.74 Å². The lowest BCUT2D eigenvalue weighted by Crippen LogP contribution is -2.11. The fourth-order valence-electron chi connectivity index (χ4n) is 1.08. The van der Waals surface area contributed by atoms with Crippen molar-refractivity contribution in [1.82, 2.24) is 4.98 Å². The van der Waals surface area contributed by atoms with Gasteiger partial charge in [0.2, 0.25) is 0 Å². The number of pyridine rings is 1. The summed E-state index contributed by atoms with van der Waals surface area (Å²) in [5, 5.41) is 0. The van der Waals surface area contributed by atoms with E-state index in [1.807, 2.05) is 12.1 Å². The molecule has 4 heteroatoms. The molecule has 0 N–H and O–H groups in total. The van der Waals surface area contributed by atoms with Crippen molar-refractivity contribution in [2.75, 3.05) is 6.61 Å². The highest BCUT2D eigenvalue weighted by Crippen LogP contribution is 1.98. The number of hydrogen-bond acceptors (Lipinski definition) is 4. The zero-order valence-electron chi connectivity index (χ0n) is 8.60. The van der Waals surface area contributed by atoms with Gasteiger partial charge in [0.1, 0.15) is 12.2 Å². The molecule has 0 spiro atoms. The number of esters is 1. The Labute approximate surface area is 88.3 Å². The molecule has 80 valence electrons. The SMILES string of the molecule is CC(=O)CC(=O)OCCc1cccnc1. The molecular weight excluding hydrogens is 194 g/mol. The molecule has 0 radical (unpaired) electrons. The Kier molecular flexibility index (Phi) is 4.47. The molecule has 0 aromatic carbocycles. The largest absolute Gasteiger partial charge is 0.465 e. The third kappa shape index (κ3) is 4.90. The van der Waals surface area contributed by atoms with E-state index in [1.54, 1.807) is 12.4 Å². The molecule has 0 aliphatic heterocycles. The summed E-state index contributed by atoms with van der Waals surface area (Å²) in [5.74, 6) is -0.646. The summed E-state index contributed by atoms with van der Waals surface area (Å²) in [7, 11) is 0. The standard InChI is InChI=1S/C11H13NO3/c1-9(13)7-11(14)15-6-4-10-3-2-5-12-8-10/h2-3,5,8H,4,6-7H2,1H3. The first-order chi connectivity index (χ1) is 7.18. The lowest BCUT2D eigenvalue weighted by atomic mass is 10.2. The predicted octanol–water partition coefficient (Wildman–Crippen LogP) is 1.15. The van der Waals surface area contributed by atoms with E-state index in [0.29, 0.717) is 6.42 Å². The van der Waals surface area contributed by atoms with Crippen LogP contribution in [-0.4, -0.2) is 23.3 Å². The first-order valence-corrected chi connectivity index (χ1v) is 4.72. The average molecular weight is 207 g/mol. The minimum absolute atomic E-state index is 0.146. The van der Waals surface area contributed by atoms with Crippen molar-refractivity contribution in [2.45, 2.75) is 19.8 Å². The first kappa shape index (κ1) is 11.4. The number of carbonyl (C=O) groups excluding carboxylic acids is 2. The molecule has 0 bridgehead atoms. The van der Waals surface area contributed by atoms with Gasteiger partial charge in [-0.05, 0) is 18.6 Å². The number of Topliss-reactive ketones (excluding diaryl/α,β-unsaturated/α-hetero) is 1. The second-order valence-electron chi connectivity index (χ2n) is 3.21. The van der Waals surface area contributed by atoms with Crippen LogP contribution in [0.3, 0.4) is 0 Å². The quantitative estimate of drug-likeness (QED) is 0.536. The van der Waals surface area contributed by atoms with Crippen LogP contribution in [-0.2, 0) is 20.7 Å². The van der Waals surface area contributed by atoms with Gasteiger partial charge in [-0.3, -0.25) is 14.6 Å². The van der Waals surface area contributed by atoms with Gasteiger partial charge in [0.15, 0.2) is 0 Å². The van der Waals surface area contributed by atoms with Crippen LogP contribution in [0.1, 0.15) is 18.9 Å². The van der Waals surface area contributed by atoms with Crippen molar-refractivity contribution in [2.24, 2.45) is 0 Å². The number of nitrogens with zero attached hydrogens (tertiary/aromatic N) is 1. The Bertz CT molecular complexity index is 335. The molecule has 0 aliphatic carbocycles. The number of aromatic nitrogens is 1. The number of ether oxygens (including phenoxy) is 1. The Morgan fingerprint density at radius 1 is 1.47 bits per heavy atom. The second kappa shape index (κ2) is 5.90. The Balaban J connectivity index is 2.22. The summed E-state index contributed by atoms with van der Waals surface area (Å²) in [6, 6.07) is 3.73. The Hall–Kier alpha value is -1.71. The highest BCUT2D eigenvalue weighted by atomic mass is 16.5. The molecule has 0 atom stereocenters. The van der Waals surface area contributed by atoms with Crippen LogP contribution in [0.2, 0.25) is 0 Å². The van der Waals surface area contributed by atoms with Crippen LogP contribution < -0.4 is 0 Å². The normalized spacial score (nSPS) is 9.67. The molecule has 0 saturated carbocycles. The average Bonchev–Trinajstić information content (AvgIpc) is 2.18. The Morgan fingerprint density at radius 2 is 2.27 bits per heavy atom. The molecular formula is C11H13NO3. The highest BCUT2D eigenvalue weighted by Gasteiger charge is 2.05. The molecule has 0 fully saturated rings. The fraction of sp³-hybridized carbons (Fsp3) is 0.364. The smallest absolute Gasteiger partial charge is 0.313 e. The summed E-state index contributed by atoms with van der Waals surface area (Å²) in [6.45, 7) is 1.65. The minimum atomic E-state index is -0.466. The van der Waals surface area contributed by atoms with E-state index in [4.69, 9.17) is 4.74 Å². The van der Waals surface area contributed by atoms with Gasteiger partial charge in [-0.1, -0.05) is 6.07 Å². The van der Waals surface area contributed by atoms with Crippen molar-refractivity contribution >= 4 is 11.8 Å². The minimum Gasteiger partial charge on any atom is -0.465 e. The van der Waals surface area contributed by atoms with Gasteiger partial charge in [-0.15, -0.1) is 0 Å². The molecule has 0 aliphatic rings. The van der Waals surface area contributed by atoms with Crippen molar-refractivity contribution in [3.8, 4) is 0 Å². The van der Waals surface area contributed by atoms with Gasteiger partial charge >= 0.3 is 5.97 Å². The van der Waals surface area contributed by atoms with E-state index in [0.717, 1.165) is 5.56 Å². The maximum atomic E-state index is 11.0. The second-order valence-corrected chi connectivity index (χ2v) is 3.21. The van der Waals surface area contributed by atoms with Crippen molar-refractivity contribution in [3.05, 3.63) is 30.1 Å². The first-order valence-electron chi connectivity index (χ1n) is 4.72. The van der Waals surface area contributed by atoms with Gasteiger partial charge in [0.05, 0.1) is 6.61 Å². The molecule has 0 unspecified atom stereocenters. The summed E-state index contributed by atoms with van der Waals surface area (Å²) >= 11 is 0. The van der Waals surface area contributed by atoms with E-state index in [9.17, 15) is 9.59 Å². The molecule has 1 aromatic rings. The van der Waals surface area contributed by atoms with Crippen LogP contribution >= 0.6 is 0 Å². The maximum Gasteiger partial charge on any atom is 0.313 e. The highest BCUT2D eigenvalue weighted by molar-refractivity contribution is 5.94. The molecule has 1 heterocycles. The van der Waals surface area contributed by atoms with Gasteiger partial charge in [-0.2, -0.15) is 0 Å². The number of hydrogen-bond donors (Lipinski definition) is 0. The number of carbonyl (C=O) groups is 2. The van der Waals surface area contributed by atoms with Gasteiger partial charge in [0.25, 0.3) is 0 Å². The van der Waals surface area contributed by atoms with Crippen molar-refractivity contribution in [1.29, 1.82) is 0 Å². The van der Waals surface area contributed by atoms with Crippen molar-refractivity contribution < 1.29 is 14.3 Å². The fourth-order valence-corrected chi connectivity index (χ4v) is 1.08. The molecule has 1 aromatic heterocycles. The maximum absolute atomic E-state index is 11.0. The summed E-state index contributed by atoms with van der Waals surface area (Å²) in [4.78, 5) is 25.5. The molecule has 4 nitrogen and oxygen atoms in total. The lowest BCUT2D eigenvalue weighted by molar-refractivity contribution is -0.145. The number of rotatable bonds is 5. The number of ketones is 1. The predicted molar refractivity (Wildman–Crippen MR) is 54.2 cm³/mol. The Morgan fingerprint density at radius 3 is 2.87 bits per heavy atom. The zero-order valence-corrected chi connectivity index (χ0v) is 8.60. The third-order valence-electron chi connectivity index (χ3n) is 1.77. The van der Waals surface area contributed by atoms with E-state index < -0.39 is 5.97 Å². The van der Waals surface area contributed by atoms with E-state index >= 15 is 0 Å². The third-order valence-corrected chi connectivity index (χ3v) is 1.77. The van der Waals surface area contributed by atoms with Crippen LogP contribution in [0, 0.1) is 0 Å². The van der Waals surface area contributed by atoms with Crippen molar-refractivity contribution in [3.63, 3.8) is 0 Å². The monoisotopic (exact) mass is 207 g/mol. The summed E-state index contributed by atoms with van der Waals surface area (Å²) in [5.41, 5.74) is 1.01. The van der Waals surface area contributed by atoms with E-state index in [-0.39, 0.29) is 18.8 Å². The van der Waals surface area contributed by atoms with Crippen LogP contribution in [0.15, 0.2) is 24.5 Å². The lowest BCUT2D eigenvalue weighted by Gasteiger charge is -2.02. The molecule has 1 rings (SSSR count). The zero-order chi connectivity index (χ0) is 11.1. The van der Waals surface area contributed by atoms with E-state index in [1.165, 1.54) is 6.92 Å². The van der Waals surface area contributed by atoms with Gasteiger partial charge in [-0.25, -0.2) is 0 Å².